The van der Waals surface area contributed by atoms with Crippen molar-refractivity contribution >= 4 is 21.9 Å². The van der Waals surface area contributed by atoms with Gasteiger partial charge in [0.05, 0.1) is 11.4 Å². The van der Waals surface area contributed by atoms with Crippen LogP contribution in [0.2, 0.25) is 0 Å². The number of carbonyl (C=O) groups excluding carboxylic acids is 1. The lowest BCUT2D eigenvalue weighted by Gasteiger charge is -2.32. The molecule has 1 aliphatic rings. The molecule has 7 nitrogen and oxygen atoms in total. The van der Waals surface area contributed by atoms with Crippen LogP contribution in [0.15, 0.2) is 29.2 Å². The average Bonchev–Trinajstić information content (AvgIpc) is 2.38. The highest BCUT2D eigenvalue weighted by atomic mass is 32.2. The Morgan fingerprint density at radius 3 is 2.65 bits per heavy atom. The van der Waals surface area contributed by atoms with Gasteiger partial charge in [0.25, 0.3) is 0 Å². The molecule has 1 heterocycles. The number of rotatable bonds is 3. The third kappa shape index (κ3) is 2.52. The Labute approximate surface area is 116 Å². The van der Waals surface area contributed by atoms with E-state index < -0.39 is 34.5 Å². The molecule has 8 heteroatoms. The van der Waals surface area contributed by atoms with Gasteiger partial charge in [-0.2, -0.15) is 4.31 Å². The van der Waals surface area contributed by atoms with E-state index >= 15 is 0 Å². The van der Waals surface area contributed by atoms with Crippen LogP contribution >= 0.6 is 0 Å². The average molecular weight is 298 g/mol. The normalized spacial score (nSPS) is 20.4. The summed E-state index contributed by atoms with van der Waals surface area (Å²) in [6, 6.07) is 4.96. The first-order valence-corrected chi connectivity index (χ1v) is 7.35. The predicted molar refractivity (Wildman–Crippen MR) is 69.5 cm³/mol. The van der Waals surface area contributed by atoms with Crippen molar-refractivity contribution in [3.63, 3.8) is 0 Å². The Morgan fingerprint density at radius 1 is 1.40 bits per heavy atom. The highest BCUT2D eigenvalue weighted by molar-refractivity contribution is 7.89. The third-order valence-corrected chi connectivity index (χ3v) is 5.12. The number of aryl methyl sites for hydroxylation is 1. The summed E-state index contributed by atoms with van der Waals surface area (Å²) in [5.41, 5.74) is 0.502. The van der Waals surface area contributed by atoms with Gasteiger partial charge in [0.15, 0.2) is 0 Å². The number of hydrogen-bond acceptors (Lipinski definition) is 4. The maximum Gasteiger partial charge on any atom is 0.323 e. The Morgan fingerprint density at radius 2 is 2.05 bits per heavy atom. The number of nitrogens with zero attached hydrogens (tertiary/aromatic N) is 1. The van der Waals surface area contributed by atoms with Crippen molar-refractivity contribution in [3.05, 3.63) is 29.8 Å². The minimum atomic E-state index is -4.03. The molecule has 1 aromatic rings. The lowest BCUT2D eigenvalue weighted by molar-refractivity contribution is -0.143. The topological polar surface area (TPSA) is 104 Å². The van der Waals surface area contributed by atoms with E-state index in [1.807, 2.05) is 0 Å². The molecule has 1 amide bonds. The number of piperazine rings is 1. The number of carboxylic acid groups (broad SMARTS) is 1. The van der Waals surface area contributed by atoms with E-state index in [2.05, 4.69) is 5.32 Å². The van der Waals surface area contributed by atoms with Gasteiger partial charge in [0, 0.05) is 6.54 Å². The fourth-order valence-corrected chi connectivity index (χ4v) is 3.82. The first-order valence-electron chi connectivity index (χ1n) is 5.91. The number of carboxylic acids is 1. The van der Waals surface area contributed by atoms with Crippen LogP contribution in [-0.4, -0.2) is 48.8 Å². The summed E-state index contributed by atoms with van der Waals surface area (Å²) in [5.74, 6) is -1.80. The number of amides is 1. The molecule has 1 aliphatic heterocycles. The molecule has 2 N–H and O–H groups in total. The number of carbonyl (C=O) groups is 2. The van der Waals surface area contributed by atoms with Gasteiger partial charge < -0.3 is 10.4 Å². The van der Waals surface area contributed by atoms with Crippen LogP contribution in [-0.2, 0) is 19.6 Å². The summed E-state index contributed by atoms with van der Waals surface area (Å²) < 4.78 is 25.8. The zero-order chi connectivity index (χ0) is 14.9. The van der Waals surface area contributed by atoms with E-state index in [4.69, 9.17) is 5.11 Å². The molecule has 1 atom stereocenters. The van der Waals surface area contributed by atoms with Crippen molar-refractivity contribution in [1.29, 1.82) is 0 Å². The van der Waals surface area contributed by atoms with E-state index in [1.54, 1.807) is 25.1 Å². The molecule has 20 heavy (non-hydrogen) atoms. The van der Waals surface area contributed by atoms with Gasteiger partial charge in [-0.05, 0) is 18.6 Å². The number of nitrogens with one attached hydrogen (secondary N) is 1. The highest BCUT2D eigenvalue weighted by Crippen LogP contribution is 2.22. The standard InChI is InChI=1S/C12H14N2O5S/c1-8-4-2-3-5-10(8)20(18,19)14-7-11(15)13-6-9(14)12(16)17/h2-5,9H,6-7H2,1H3,(H,13,15)(H,16,17). The maximum absolute atomic E-state index is 12.6. The Kier molecular flexibility index (Phi) is 3.78. The molecular formula is C12H14N2O5S. The van der Waals surface area contributed by atoms with Gasteiger partial charge in [-0.3, -0.25) is 9.59 Å². The van der Waals surface area contributed by atoms with Crippen molar-refractivity contribution in [1.82, 2.24) is 9.62 Å². The lowest BCUT2D eigenvalue weighted by atomic mass is 10.2. The third-order valence-electron chi connectivity index (χ3n) is 3.10. The van der Waals surface area contributed by atoms with Crippen LogP contribution < -0.4 is 5.32 Å². The molecule has 0 bridgehead atoms. The molecule has 1 aromatic carbocycles. The van der Waals surface area contributed by atoms with Gasteiger partial charge in [0.2, 0.25) is 15.9 Å². The van der Waals surface area contributed by atoms with E-state index in [0.717, 1.165) is 4.31 Å². The van der Waals surface area contributed by atoms with Gasteiger partial charge in [-0.15, -0.1) is 0 Å². The SMILES string of the molecule is Cc1ccccc1S(=O)(=O)N1CC(=O)NCC1C(=O)O. The Hall–Kier alpha value is -1.93. The molecule has 0 aromatic heterocycles. The molecule has 0 saturated carbocycles. The monoisotopic (exact) mass is 298 g/mol. The van der Waals surface area contributed by atoms with E-state index in [0.29, 0.717) is 5.56 Å². The van der Waals surface area contributed by atoms with Crippen LogP contribution in [0.5, 0.6) is 0 Å². The molecule has 0 radical (unpaired) electrons. The van der Waals surface area contributed by atoms with Gasteiger partial charge in [0.1, 0.15) is 6.04 Å². The number of sulfonamides is 1. The van der Waals surface area contributed by atoms with E-state index in [9.17, 15) is 18.0 Å². The predicted octanol–water partition coefficient (Wildman–Crippen LogP) is -0.431. The highest BCUT2D eigenvalue weighted by Gasteiger charge is 2.40. The largest absolute Gasteiger partial charge is 0.480 e. The molecular weight excluding hydrogens is 284 g/mol. The minimum absolute atomic E-state index is 0.0148. The molecule has 1 saturated heterocycles. The first-order chi connectivity index (χ1) is 9.34. The molecule has 0 spiro atoms. The number of aliphatic carboxylic acids is 1. The van der Waals surface area contributed by atoms with Crippen molar-refractivity contribution in [3.8, 4) is 0 Å². The smallest absolute Gasteiger partial charge is 0.323 e. The zero-order valence-electron chi connectivity index (χ0n) is 10.7. The summed E-state index contributed by atoms with van der Waals surface area (Å²) >= 11 is 0. The number of hydrogen-bond donors (Lipinski definition) is 2. The van der Waals surface area contributed by atoms with Gasteiger partial charge in [-0.25, -0.2) is 8.42 Å². The van der Waals surface area contributed by atoms with Gasteiger partial charge >= 0.3 is 5.97 Å². The van der Waals surface area contributed by atoms with Gasteiger partial charge in [-0.1, -0.05) is 18.2 Å². The van der Waals surface area contributed by atoms with E-state index in [-0.39, 0.29) is 11.4 Å². The number of benzene rings is 1. The summed E-state index contributed by atoms with van der Waals surface area (Å²) in [6.45, 7) is 0.888. The van der Waals surface area contributed by atoms with Crippen LogP contribution in [0, 0.1) is 6.92 Å². The molecule has 108 valence electrons. The maximum atomic E-state index is 12.6. The van der Waals surface area contributed by atoms with Crippen LogP contribution in [0.25, 0.3) is 0 Å². The van der Waals surface area contributed by atoms with Crippen molar-refractivity contribution in [2.24, 2.45) is 0 Å². The van der Waals surface area contributed by atoms with Crippen LogP contribution in [0.1, 0.15) is 5.56 Å². The molecule has 1 unspecified atom stereocenters. The first kappa shape index (κ1) is 14.5. The van der Waals surface area contributed by atoms with Crippen molar-refractivity contribution < 1.29 is 23.1 Å². The molecule has 0 aliphatic carbocycles. The Bertz CT molecular complexity index is 656. The van der Waals surface area contributed by atoms with E-state index in [1.165, 1.54) is 6.07 Å². The Balaban J connectivity index is 2.48. The van der Waals surface area contributed by atoms with Crippen molar-refractivity contribution in [2.45, 2.75) is 17.9 Å². The molecule has 2 rings (SSSR count). The minimum Gasteiger partial charge on any atom is -0.480 e. The summed E-state index contributed by atoms with van der Waals surface area (Å²) in [6.07, 6.45) is 0. The quantitative estimate of drug-likeness (QED) is 0.788. The fourth-order valence-electron chi connectivity index (χ4n) is 2.06. The second-order valence-corrected chi connectivity index (χ2v) is 6.33. The van der Waals surface area contributed by atoms with Crippen molar-refractivity contribution in [2.75, 3.05) is 13.1 Å². The second-order valence-electron chi connectivity index (χ2n) is 4.47. The molecule has 1 fully saturated rings. The second kappa shape index (κ2) is 5.22. The lowest BCUT2D eigenvalue weighted by Crippen LogP contribution is -2.59. The van der Waals surface area contributed by atoms with Crippen LogP contribution in [0.3, 0.4) is 0 Å². The fraction of sp³-hybridized carbons (Fsp3) is 0.333. The zero-order valence-corrected chi connectivity index (χ0v) is 11.6. The van der Waals surface area contributed by atoms with Crippen LogP contribution in [0.4, 0.5) is 0 Å². The summed E-state index contributed by atoms with van der Waals surface area (Å²) in [7, 11) is -4.03. The summed E-state index contributed by atoms with van der Waals surface area (Å²) in [4.78, 5) is 22.6. The summed E-state index contributed by atoms with van der Waals surface area (Å²) in [5, 5.41) is 11.5.